The zero-order valence-electron chi connectivity index (χ0n) is 9.43. The third kappa shape index (κ3) is 3.77. The average molecular weight is 266 g/mol. The number of methoxy groups -OCH3 is 2. The van der Waals surface area contributed by atoms with Gasteiger partial charge in [0.15, 0.2) is 9.84 Å². The molecule has 0 spiro atoms. The first kappa shape index (κ1) is 13.6. The van der Waals surface area contributed by atoms with E-state index in [1.165, 1.54) is 14.2 Å². The van der Waals surface area contributed by atoms with Gasteiger partial charge in [0.1, 0.15) is 0 Å². The molecular weight excluding hydrogens is 252 g/mol. The minimum atomic E-state index is -3.29. The number of sulfone groups is 1. The molecule has 1 saturated heterocycles. The molecule has 17 heavy (non-hydrogen) atoms. The van der Waals surface area contributed by atoms with E-state index in [1.807, 2.05) is 0 Å². The smallest absolute Gasteiger partial charge is 0.407 e. The normalized spacial score (nSPS) is 26.0. The van der Waals surface area contributed by atoms with Crippen molar-refractivity contribution < 1.29 is 27.5 Å². The fourth-order valence-corrected chi connectivity index (χ4v) is 3.41. The number of ether oxygens (including phenoxy) is 2. The summed E-state index contributed by atoms with van der Waals surface area (Å²) in [6.07, 6.45) is -1.49. The molecule has 0 aromatic rings. The molecule has 1 aliphatic rings. The van der Waals surface area contributed by atoms with E-state index in [4.69, 9.17) is 0 Å². The number of carbonyl (C=O) groups is 2. The van der Waals surface area contributed by atoms with Gasteiger partial charge in [-0.25, -0.2) is 18.0 Å². The first-order valence-electron chi connectivity index (χ1n) is 4.77. The van der Waals surface area contributed by atoms with E-state index in [0.29, 0.717) is 0 Å². The number of nitrogens with one attached hydrogen (secondary N) is 2. The van der Waals surface area contributed by atoms with Crippen LogP contribution in [0, 0.1) is 0 Å². The van der Waals surface area contributed by atoms with Crippen molar-refractivity contribution >= 4 is 22.0 Å². The second-order valence-electron chi connectivity index (χ2n) is 3.56. The lowest BCUT2D eigenvalue weighted by molar-refractivity contribution is 0.157. The van der Waals surface area contributed by atoms with Gasteiger partial charge in [-0.15, -0.1) is 0 Å². The summed E-state index contributed by atoms with van der Waals surface area (Å²) >= 11 is 0. The molecule has 98 valence electrons. The molecule has 2 amide bonds. The van der Waals surface area contributed by atoms with Crippen molar-refractivity contribution in [2.75, 3.05) is 25.7 Å². The summed E-state index contributed by atoms with van der Waals surface area (Å²) in [7, 11) is -0.957. The predicted octanol–water partition coefficient (Wildman–Crippen LogP) is -1.14. The molecule has 2 N–H and O–H groups in total. The van der Waals surface area contributed by atoms with Crippen molar-refractivity contribution in [1.82, 2.24) is 10.6 Å². The Morgan fingerprint density at radius 2 is 1.35 bits per heavy atom. The molecule has 0 saturated carbocycles. The van der Waals surface area contributed by atoms with Crippen LogP contribution in [-0.2, 0) is 19.3 Å². The van der Waals surface area contributed by atoms with E-state index in [-0.39, 0.29) is 11.5 Å². The van der Waals surface area contributed by atoms with E-state index in [1.54, 1.807) is 0 Å². The highest BCUT2D eigenvalue weighted by molar-refractivity contribution is 7.91. The summed E-state index contributed by atoms with van der Waals surface area (Å²) in [5.41, 5.74) is 0. The summed E-state index contributed by atoms with van der Waals surface area (Å²) in [4.78, 5) is 22.0. The Hall–Kier alpha value is -1.51. The Kier molecular flexibility index (Phi) is 4.16. The summed E-state index contributed by atoms with van der Waals surface area (Å²) in [6.45, 7) is 0. The lowest BCUT2D eigenvalue weighted by Gasteiger charge is -2.19. The third-order valence-corrected chi connectivity index (χ3v) is 4.06. The van der Waals surface area contributed by atoms with Crippen molar-refractivity contribution in [2.24, 2.45) is 0 Å². The SMILES string of the molecule is COC(=O)N[C@H]1CS(=O)(=O)C[C@@H]1NC(=O)OC. The summed E-state index contributed by atoms with van der Waals surface area (Å²) in [5.74, 6) is -0.479. The van der Waals surface area contributed by atoms with Crippen LogP contribution in [0.5, 0.6) is 0 Å². The van der Waals surface area contributed by atoms with Crippen LogP contribution in [0.3, 0.4) is 0 Å². The maximum atomic E-state index is 11.4. The van der Waals surface area contributed by atoms with E-state index in [0.717, 1.165) is 0 Å². The molecule has 1 rings (SSSR count). The van der Waals surface area contributed by atoms with Crippen LogP contribution >= 0.6 is 0 Å². The highest BCUT2D eigenvalue weighted by Crippen LogP contribution is 2.13. The Bertz CT molecular complexity index is 374. The van der Waals surface area contributed by atoms with Gasteiger partial charge in [0.2, 0.25) is 0 Å². The minimum Gasteiger partial charge on any atom is -0.453 e. The number of hydrogen-bond acceptors (Lipinski definition) is 6. The van der Waals surface area contributed by atoms with Gasteiger partial charge in [-0.1, -0.05) is 0 Å². The van der Waals surface area contributed by atoms with Crippen molar-refractivity contribution in [3.8, 4) is 0 Å². The van der Waals surface area contributed by atoms with Crippen LogP contribution in [0.15, 0.2) is 0 Å². The molecule has 1 fully saturated rings. The van der Waals surface area contributed by atoms with Crippen LogP contribution in [0.2, 0.25) is 0 Å². The molecule has 8 nitrogen and oxygen atoms in total. The Balaban J connectivity index is 2.71. The van der Waals surface area contributed by atoms with Gasteiger partial charge in [0.25, 0.3) is 0 Å². The average Bonchev–Trinajstić information content (AvgIpc) is 2.52. The molecule has 9 heteroatoms. The van der Waals surface area contributed by atoms with Crippen LogP contribution < -0.4 is 10.6 Å². The van der Waals surface area contributed by atoms with Crippen LogP contribution in [-0.4, -0.2) is 58.4 Å². The Labute approximate surface area is 98.6 Å². The fourth-order valence-electron chi connectivity index (χ4n) is 1.55. The summed E-state index contributed by atoms with van der Waals surface area (Å²) < 4.78 is 31.6. The standard InChI is InChI=1S/C8H14N2O6S/c1-15-7(11)9-5-3-17(13,14)4-6(5)10-8(12)16-2/h5-6H,3-4H2,1-2H3,(H,9,11)(H,10,12)/t5-,6-/m0/s1. The van der Waals surface area contributed by atoms with Crippen molar-refractivity contribution in [1.29, 1.82) is 0 Å². The van der Waals surface area contributed by atoms with Crippen LogP contribution in [0.1, 0.15) is 0 Å². The van der Waals surface area contributed by atoms with Crippen molar-refractivity contribution in [3.05, 3.63) is 0 Å². The first-order chi connectivity index (χ1) is 7.88. The second kappa shape index (κ2) is 5.21. The van der Waals surface area contributed by atoms with E-state index < -0.39 is 34.1 Å². The number of rotatable bonds is 2. The van der Waals surface area contributed by atoms with Gasteiger partial charge in [0.05, 0.1) is 37.8 Å². The van der Waals surface area contributed by atoms with Gasteiger partial charge < -0.3 is 20.1 Å². The summed E-state index contributed by atoms with van der Waals surface area (Å²) in [6, 6.07) is -1.43. The molecule has 0 aliphatic carbocycles. The second-order valence-corrected chi connectivity index (χ2v) is 5.72. The van der Waals surface area contributed by atoms with Gasteiger partial charge in [-0.05, 0) is 0 Å². The topological polar surface area (TPSA) is 111 Å². The number of amides is 2. The largest absolute Gasteiger partial charge is 0.453 e. The van der Waals surface area contributed by atoms with Gasteiger partial charge in [-0.3, -0.25) is 0 Å². The maximum absolute atomic E-state index is 11.4. The van der Waals surface area contributed by atoms with E-state index in [2.05, 4.69) is 20.1 Å². The number of alkyl carbamates (subject to hydrolysis) is 2. The van der Waals surface area contributed by atoms with E-state index >= 15 is 0 Å². The monoisotopic (exact) mass is 266 g/mol. The zero-order valence-corrected chi connectivity index (χ0v) is 10.2. The zero-order chi connectivity index (χ0) is 13.1. The highest BCUT2D eigenvalue weighted by Gasteiger charge is 2.39. The van der Waals surface area contributed by atoms with Crippen LogP contribution in [0.25, 0.3) is 0 Å². The fraction of sp³-hybridized carbons (Fsp3) is 0.750. The Morgan fingerprint density at radius 3 is 1.65 bits per heavy atom. The van der Waals surface area contributed by atoms with Crippen molar-refractivity contribution in [2.45, 2.75) is 12.1 Å². The molecular formula is C8H14N2O6S. The lowest BCUT2D eigenvalue weighted by Crippen LogP contribution is -2.50. The number of hydrogen-bond donors (Lipinski definition) is 2. The predicted molar refractivity (Wildman–Crippen MR) is 57.3 cm³/mol. The molecule has 1 aliphatic heterocycles. The minimum absolute atomic E-state index is 0.239. The highest BCUT2D eigenvalue weighted by atomic mass is 32.2. The first-order valence-corrected chi connectivity index (χ1v) is 6.59. The van der Waals surface area contributed by atoms with Crippen molar-refractivity contribution in [3.63, 3.8) is 0 Å². The molecule has 1 heterocycles. The lowest BCUT2D eigenvalue weighted by atomic mass is 10.2. The molecule has 0 unspecified atom stereocenters. The van der Waals surface area contributed by atoms with Gasteiger partial charge in [0, 0.05) is 0 Å². The molecule has 0 radical (unpaired) electrons. The Morgan fingerprint density at radius 1 is 1.00 bits per heavy atom. The van der Waals surface area contributed by atoms with Gasteiger partial charge >= 0.3 is 12.2 Å². The summed E-state index contributed by atoms with van der Waals surface area (Å²) in [5, 5.41) is 4.71. The van der Waals surface area contributed by atoms with E-state index in [9.17, 15) is 18.0 Å². The molecule has 0 aromatic carbocycles. The third-order valence-electron chi connectivity index (χ3n) is 2.33. The molecule has 0 bridgehead atoms. The number of carbonyl (C=O) groups excluding carboxylic acids is 2. The molecule has 2 atom stereocenters. The quantitative estimate of drug-likeness (QED) is 0.654. The van der Waals surface area contributed by atoms with Gasteiger partial charge in [-0.2, -0.15) is 0 Å². The maximum Gasteiger partial charge on any atom is 0.407 e. The van der Waals surface area contributed by atoms with Crippen LogP contribution in [0.4, 0.5) is 9.59 Å². The molecule has 0 aromatic heterocycles.